The Bertz CT molecular complexity index is 1020. The predicted molar refractivity (Wildman–Crippen MR) is 233 cm³/mol. The summed E-state index contributed by atoms with van der Waals surface area (Å²) >= 11 is 0. The molecule has 0 bridgehead atoms. The molecule has 0 fully saturated rings. The minimum Gasteiger partial charge on any atom is -0.462 e. The Balaban J connectivity index is 4.42. The van der Waals surface area contributed by atoms with Gasteiger partial charge in [0.2, 0.25) is 0 Å². The average Bonchev–Trinajstić information content (AvgIpc) is 3.18. The molecule has 0 N–H and O–H groups in total. The monoisotopic (exact) mass is 769 g/mol. The van der Waals surface area contributed by atoms with Crippen LogP contribution >= 0.6 is 0 Å². The summed E-state index contributed by atoms with van der Waals surface area (Å²) in [5.41, 5.74) is 0. The van der Waals surface area contributed by atoms with Gasteiger partial charge in [-0.2, -0.15) is 0 Å². The van der Waals surface area contributed by atoms with Gasteiger partial charge in [-0.1, -0.05) is 191 Å². The predicted octanol–water partition coefficient (Wildman–Crippen LogP) is 14.5. The summed E-state index contributed by atoms with van der Waals surface area (Å²) in [6.45, 7) is 6.42. The van der Waals surface area contributed by atoms with Crippen LogP contribution < -0.4 is 0 Å². The topological polar surface area (TPSA) is 78.9 Å². The number of hydrogen-bond acceptors (Lipinski definition) is 6. The van der Waals surface area contributed by atoms with Crippen molar-refractivity contribution in [3.63, 3.8) is 0 Å². The van der Waals surface area contributed by atoms with E-state index in [9.17, 15) is 14.4 Å². The molecule has 6 heteroatoms. The number of unbranched alkanes of at least 4 members (excludes halogenated alkanes) is 22. The molecular weight excluding hydrogens is 685 g/mol. The summed E-state index contributed by atoms with van der Waals surface area (Å²) in [6.07, 6.45) is 52.0. The van der Waals surface area contributed by atoms with Gasteiger partial charge in [-0.3, -0.25) is 14.4 Å². The first kappa shape index (κ1) is 52.1. The molecule has 55 heavy (non-hydrogen) atoms. The molecule has 0 aromatic rings. The summed E-state index contributed by atoms with van der Waals surface area (Å²) in [6, 6.07) is 0. The van der Waals surface area contributed by atoms with Crippen LogP contribution in [0.3, 0.4) is 0 Å². The molecule has 0 radical (unpaired) electrons. The number of carbonyl (C=O) groups is 3. The maximum atomic E-state index is 12.7. The van der Waals surface area contributed by atoms with Crippen molar-refractivity contribution in [2.75, 3.05) is 13.2 Å². The van der Waals surface area contributed by atoms with Gasteiger partial charge in [-0.25, -0.2) is 0 Å². The van der Waals surface area contributed by atoms with E-state index < -0.39 is 6.10 Å². The largest absolute Gasteiger partial charge is 0.462 e. The zero-order valence-corrected chi connectivity index (χ0v) is 35.9. The average molecular weight is 769 g/mol. The van der Waals surface area contributed by atoms with Gasteiger partial charge in [-0.15, -0.1) is 0 Å². The molecule has 6 nitrogen and oxygen atoms in total. The molecular formula is C49H84O6. The van der Waals surface area contributed by atoms with Crippen molar-refractivity contribution in [1.82, 2.24) is 0 Å². The van der Waals surface area contributed by atoms with E-state index >= 15 is 0 Å². The van der Waals surface area contributed by atoms with Crippen molar-refractivity contribution in [2.24, 2.45) is 0 Å². The fourth-order valence-corrected chi connectivity index (χ4v) is 6.15. The van der Waals surface area contributed by atoms with Gasteiger partial charge in [0.15, 0.2) is 6.10 Å². The van der Waals surface area contributed by atoms with Gasteiger partial charge < -0.3 is 14.2 Å². The number of ether oxygens (including phenoxy) is 3. The zero-order valence-electron chi connectivity index (χ0n) is 35.9. The molecule has 0 aliphatic rings. The highest BCUT2D eigenvalue weighted by molar-refractivity contribution is 5.71. The quantitative estimate of drug-likeness (QED) is 0.0203. The number of esters is 3. The number of rotatable bonds is 40. The van der Waals surface area contributed by atoms with Gasteiger partial charge in [0, 0.05) is 19.3 Å². The Morgan fingerprint density at radius 2 is 0.727 bits per heavy atom. The Kier molecular flexibility index (Phi) is 41.5. The lowest BCUT2D eigenvalue weighted by molar-refractivity contribution is -0.167. The molecule has 0 amide bonds. The maximum Gasteiger partial charge on any atom is 0.306 e. The highest BCUT2D eigenvalue weighted by Crippen LogP contribution is 2.14. The summed E-state index contributed by atoms with van der Waals surface area (Å²) in [4.78, 5) is 37.7. The molecule has 0 saturated heterocycles. The van der Waals surface area contributed by atoms with E-state index in [1.54, 1.807) is 0 Å². The highest BCUT2D eigenvalue weighted by Gasteiger charge is 2.19. The molecule has 0 aromatic heterocycles. The normalized spacial score (nSPS) is 12.6. The Morgan fingerprint density at radius 3 is 1.20 bits per heavy atom. The van der Waals surface area contributed by atoms with E-state index in [1.165, 1.54) is 77.0 Å². The lowest BCUT2D eigenvalue weighted by Crippen LogP contribution is -2.30. The van der Waals surface area contributed by atoms with Crippen LogP contribution in [0.25, 0.3) is 0 Å². The first-order valence-corrected chi connectivity index (χ1v) is 22.8. The van der Waals surface area contributed by atoms with Crippen LogP contribution in [0.15, 0.2) is 60.8 Å². The second kappa shape index (κ2) is 43.8. The van der Waals surface area contributed by atoms with Crippen LogP contribution in [-0.2, 0) is 28.6 Å². The number of allylic oxidation sites excluding steroid dienone is 10. The molecule has 0 rings (SSSR count). The SMILES string of the molecule is CC\C=C/C=C\C=C/C=C\CCCCCCCC(=O)OCC(COC(=O)CCCCCCCCCCCC)OC(=O)CCCCCCC/C=C\CCCCC. The maximum absolute atomic E-state index is 12.7. The molecule has 1 atom stereocenters. The van der Waals surface area contributed by atoms with Crippen LogP contribution in [0.2, 0.25) is 0 Å². The van der Waals surface area contributed by atoms with Gasteiger partial charge in [-0.05, 0) is 64.2 Å². The zero-order chi connectivity index (χ0) is 40.1. The third-order valence-corrected chi connectivity index (χ3v) is 9.60. The summed E-state index contributed by atoms with van der Waals surface area (Å²) < 4.78 is 16.7. The molecule has 0 heterocycles. The Morgan fingerprint density at radius 1 is 0.382 bits per heavy atom. The summed E-state index contributed by atoms with van der Waals surface area (Å²) in [7, 11) is 0. The second-order valence-corrected chi connectivity index (χ2v) is 15.0. The number of hydrogen-bond donors (Lipinski definition) is 0. The third-order valence-electron chi connectivity index (χ3n) is 9.60. The van der Waals surface area contributed by atoms with Crippen molar-refractivity contribution in [1.29, 1.82) is 0 Å². The van der Waals surface area contributed by atoms with E-state index in [0.29, 0.717) is 19.3 Å². The fraction of sp³-hybridized carbons (Fsp3) is 0.735. The summed E-state index contributed by atoms with van der Waals surface area (Å²) in [5.74, 6) is -0.922. The second-order valence-electron chi connectivity index (χ2n) is 15.0. The van der Waals surface area contributed by atoms with E-state index in [0.717, 1.165) is 96.3 Å². The van der Waals surface area contributed by atoms with E-state index in [2.05, 4.69) is 63.3 Å². The Hall–Kier alpha value is -2.89. The lowest BCUT2D eigenvalue weighted by Gasteiger charge is -2.18. The van der Waals surface area contributed by atoms with Crippen molar-refractivity contribution in [2.45, 2.75) is 219 Å². The fourth-order valence-electron chi connectivity index (χ4n) is 6.15. The minimum atomic E-state index is -0.783. The van der Waals surface area contributed by atoms with Crippen molar-refractivity contribution >= 4 is 17.9 Å². The van der Waals surface area contributed by atoms with Crippen LogP contribution in [-0.4, -0.2) is 37.2 Å². The Labute approximate surface area is 339 Å². The van der Waals surface area contributed by atoms with Gasteiger partial charge in [0.05, 0.1) is 0 Å². The highest BCUT2D eigenvalue weighted by atomic mass is 16.6. The number of carbonyl (C=O) groups excluding carboxylic acids is 3. The minimum absolute atomic E-state index is 0.0845. The standard InChI is InChI=1S/C49H84O6/c1-4-7-10-13-16-19-22-24-25-26-28-30-33-36-39-42-48(51)54-45-46(44-53-47(50)41-38-35-32-29-21-18-15-12-9-6-3)55-49(52)43-40-37-34-31-27-23-20-17-14-11-8-5-2/h7,10,13,16-17,19-20,22,24-25,46H,4-6,8-9,11-12,14-15,18,21,23,26-45H2,1-3H3/b10-7-,16-13-,20-17-,22-19-,25-24-. The summed E-state index contributed by atoms with van der Waals surface area (Å²) in [5, 5.41) is 0. The first-order chi connectivity index (χ1) is 27.0. The molecule has 0 aromatic carbocycles. The molecule has 0 spiro atoms. The smallest absolute Gasteiger partial charge is 0.306 e. The van der Waals surface area contributed by atoms with Gasteiger partial charge in [0.25, 0.3) is 0 Å². The van der Waals surface area contributed by atoms with E-state index in [4.69, 9.17) is 14.2 Å². The van der Waals surface area contributed by atoms with Crippen LogP contribution in [0.4, 0.5) is 0 Å². The van der Waals surface area contributed by atoms with Crippen molar-refractivity contribution in [3.05, 3.63) is 60.8 Å². The molecule has 316 valence electrons. The van der Waals surface area contributed by atoms with Crippen molar-refractivity contribution < 1.29 is 28.6 Å². The van der Waals surface area contributed by atoms with Gasteiger partial charge >= 0.3 is 17.9 Å². The molecule has 0 aliphatic heterocycles. The van der Waals surface area contributed by atoms with E-state index in [1.807, 2.05) is 18.2 Å². The van der Waals surface area contributed by atoms with Gasteiger partial charge in [0.1, 0.15) is 13.2 Å². The molecule has 0 saturated carbocycles. The van der Waals surface area contributed by atoms with Crippen LogP contribution in [0.5, 0.6) is 0 Å². The molecule has 1 unspecified atom stereocenters. The van der Waals surface area contributed by atoms with Crippen LogP contribution in [0, 0.1) is 0 Å². The van der Waals surface area contributed by atoms with Crippen LogP contribution in [0.1, 0.15) is 213 Å². The molecule has 0 aliphatic carbocycles. The lowest BCUT2D eigenvalue weighted by atomic mass is 10.1. The third kappa shape index (κ3) is 42.1. The van der Waals surface area contributed by atoms with E-state index in [-0.39, 0.29) is 31.1 Å². The van der Waals surface area contributed by atoms with Crippen molar-refractivity contribution in [3.8, 4) is 0 Å². The first-order valence-electron chi connectivity index (χ1n) is 22.8.